The summed E-state index contributed by atoms with van der Waals surface area (Å²) in [6, 6.07) is -0.533. The summed E-state index contributed by atoms with van der Waals surface area (Å²) in [5.41, 5.74) is 0.220. The molecule has 1 aliphatic rings. The highest BCUT2D eigenvalue weighted by atomic mass is 16.2. The van der Waals surface area contributed by atoms with Crippen molar-refractivity contribution in [1.82, 2.24) is 9.80 Å². The minimum atomic E-state index is -0.549. The molecule has 1 atom stereocenters. The highest BCUT2D eigenvalue weighted by Crippen LogP contribution is 2.29. The van der Waals surface area contributed by atoms with Crippen LogP contribution in [0.1, 0.15) is 34.1 Å². The molecule has 21 heavy (non-hydrogen) atoms. The standard InChI is InChI=1S/C17H26N2O2/c1-7-9-10-11-13(3)14-12-18(6)16(21)19(14)15(20)17(4,5)8-2/h7,9-11,14H,3,8,12H2,1-2,4-6H3/b9-7-,11-10-/t14-/m0/s1. The summed E-state index contributed by atoms with van der Waals surface area (Å²) >= 11 is 0. The Hall–Kier alpha value is -1.84. The minimum Gasteiger partial charge on any atom is -0.325 e. The number of urea groups is 1. The number of amides is 3. The molecule has 0 spiro atoms. The van der Waals surface area contributed by atoms with Gasteiger partial charge in [0.1, 0.15) is 0 Å². The number of carbonyl (C=O) groups is 2. The molecule has 0 unspecified atom stereocenters. The molecule has 0 aromatic heterocycles. The number of allylic oxidation sites excluding steroid dienone is 3. The van der Waals surface area contributed by atoms with Crippen molar-refractivity contribution in [2.24, 2.45) is 5.41 Å². The summed E-state index contributed by atoms with van der Waals surface area (Å²) < 4.78 is 0. The van der Waals surface area contributed by atoms with Crippen molar-refractivity contribution < 1.29 is 9.59 Å². The average molecular weight is 290 g/mol. The maximum absolute atomic E-state index is 12.7. The van der Waals surface area contributed by atoms with Crippen LogP contribution < -0.4 is 0 Å². The van der Waals surface area contributed by atoms with Crippen LogP contribution in [0.15, 0.2) is 36.5 Å². The lowest BCUT2D eigenvalue weighted by atomic mass is 9.88. The van der Waals surface area contributed by atoms with Crippen LogP contribution in [0.25, 0.3) is 0 Å². The first-order chi connectivity index (χ1) is 9.76. The molecular weight excluding hydrogens is 264 g/mol. The molecule has 3 amide bonds. The van der Waals surface area contributed by atoms with E-state index in [0.717, 1.165) is 5.57 Å². The Morgan fingerprint density at radius 1 is 1.43 bits per heavy atom. The van der Waals surface area contributed by atoms with Crippen molar-refractivity contribution in [2.45, 2.75) is 40.2 Å². The molecule has 0 N–H and O–H groups in total. The summed E-state index contributed by atoms with van der Waals surface area (Å²) in [5.74, 6) is -0.134. The highest BCUT2D eigenvalue weighted by Gasteiger charge is 2.44. The monoisotopic (exact) mass is 290 g/mol. The zero-order valence-corrected chi connectivity index (χ0v) is 13.7. The molecule has 1 aliphatic heterocycles. The zero-order valence-electron chi connectivity index (χ0n) is 13.7. The Balaban J connectivity index is 3.05. The van der Waals surface area contributed by atoms with Gasteiger partial charge in [0.05, 0.1) is 6.04 Å². The van der Waals surface area contributed by atoms with Gasteiger partial charge in [0.15, 0.2) is 0 Å². The molecule has 0 radical (unpaired) electrons. The molecule has 0 aromatic rings. The second-order valence-electron chi connectivity index (χ2n) is 6.05. The SMILES string of the molecule is C=C(/C=C\C=C/C)[C@@H]1CN(C)C(=O)N1C(=O)C(C)(C)CC. The van der Waals surface area contributed by atoms with Crippen molar-refractivity contribution in [2.75, 3.05) is 13.6 Å². The lowest BCUT2D eigenvalue weighted by Gasteiger charge is -2.30. The number of hydrogen-bond donors (Lipinski definition) is 0. The maximum atomic E-state index is 12.7. The summed E-state index contributed by atoms with van der Waals surface area (Å²) in [7, 11) is 1.71. The van der Waals surface area contributed by atoms with E-state index in [1.807, 2.05) is 52.0 Å². The molecule has 1 fully saturated rings. The van der Waals surface area contributed by atoms with Gasteiger partial charge in [-0.25, -0.2) is 4.79 Å². The van der Waals surface area contributed by atoms with Crippen LogP contribution in [-0.2, 0) is 4.79 Å². The van der Waals surface area contributed by atoms with Crippen LogP contribution in [0.2, 0.25) is 0 Å². The Morgan fingerprint density at radius 3 is 2.57 bits per heavy atom. The third-order valence-electron chi connectivity index (χ3n) is 4.01. The van der Waals surface area contributed by atoms with E-state index in [1.165, 1.54) is 4.90 Å². The van der Waals surface area contributed by atoms with Crippen molar-refractivity contribution >= 4 is 11.9 Å². The first kappa shape index (κ1) is 17.2. The topological polar surface area (TPSA) is 40.6 Å². The zero-order chi connectivity index (χ0) is 16.2. The fraction of sp³-hybridized carbons (Fsp3) is 0.529. The van der Waals surface area contributed by atoms with E-state index in [-0.39, 0.29) is 18.0 Å². The van der Waals surface area contributed by atoms with Crippen molar-refractivity contribution in [3.63, 3.8) is 0 Å². The molecule has 1 saturated heterocycles. The highest BCUT2D eigenvalue weighted by molar-refractivity contribution is 5.99. The van der Waals surface area contributed by atoms with E-state index in [9.17, 15) is 9.59 Å². The molecule has 4 heteroatoms. The van der Waals surface area contributed by atoms with Crippen molar-refractivity contribution in [3.05, 3.63) is 36.5 Å². The van der Waals surface area contributed by atoms with Crippen LogP contribution in [-0.4, -0.2) is 41.4 Å². The van der Waals surface area contributed by atoms with Crippen molar-refractivity contribution in [1.29, 1.82) is 0 Å². The van der Waals surface area contributed by atoms with E-state index < -0.39 is 5.41 Å². The Bertz CT molecular complexity index is 489. The molecule has 116 valence electrons. The summed E-state index contributed by atoms with van der Waals surface area (Å²) in [5, 5.41) is 0. The van der Waals surface area contributed by atoms with Crippen molar-refractivity contribution in [3.8, 4) is 0 Å². The van der Waals surface area contributed by atoms with E-state index in [4.69, 9.17) is 0 Å². The fourth-order valence-electron chi connectivity index (χ4n) is 2.13. The van der Waals surface area contributed by atoms with Crippen LogP contribution in [0.5, 0.6) is 0 Å². The molecule has 0 bridgehead atoms. The maximum Gasteiger partial charge on any atom is 0.327 e. The van der Waals surface area contributed by atoms with Crippen LogP contribution >= 0.6 is 0 Å². The predicted octanol–water partition coefficient (Wildman–Crippen LogP) is 3.37. The third kappa shape index (κ3) is 3.63. The summed E-state index contributed by atoms with van der Waals surface area (Å²) in [4.78, 5) is 27.9. The lowest BCUT2D eigenvalue weighted by molar-refractivity contribution is -0.137. The van der Waals surface area contributed by atoms with E-state index in [1.54, 1.807) is 11.9 Å². The quantitative estimate of drug-likeness (QED) is 0.728. The van der Waals surface area contributed by atoms with E-state index in [0.29, 0.717) is 13.0 Å². The van der Waals surface area contributed by atoms with Gasteiger partial charge in [-0.3, -0.25) is 9.69 Å². The average Bonchev–Trinajstić information content (AvgIpc) is 2.74. The molecule has 4 nitrogen and oxygen atoms in total. The fourth-order valence-corrected chi connectivity index (χ4v) is 2.13. The van der Waals surface area contributed by atoms with Gasteiger partial charge < -0.3 is 4.90 Å². The summed E-state index contributed by atoms with van der Waals surface area (Å²) in [6.07, 6.45) is 8.23. The first-order valence-corrected chi connectivity index (χ1v) is 7.33. The predicted molar refractivity (Wildman–Crippen MR) is 85.8 cm³/mol. The largest absolute Gasteiger partial charge is 0.327 e. The molecule has 0 saturated carbocycles. The third-order valence-corrected chi connectivity index (χ3v) is 4.01. The number of likely N-dealkylation sites (N-methyl/N-ethyl adjacent to an activating group) is 1. The van der Waals surface area contributed by atoms with Gasteiger partial charge in [-0.15, -0.1) is 0 Å². The second-order valence-corrected chi connectivity index (χ2v) is 6.05. The molecule has 0 aliphatic carbocycles. The Morgan fingerprint density at radius 2 is 2.05 bits per heavy atom. The smallest absolute Gasteiger partial charge is 0.325 e. The molecule has 1 rings (SSSR count). The number of carbonyl (C=O) groups excluding carboxylic acids is 2. The number of nitrogens with zero attached hydrogens (tertiary/aromatic N) is 2. The van der Waals surface area contributed by atoms with E-state index in [2.05, 4.69) is 6.58 Å². The van der Waals surface area contributed by atoms with E-state index >= 15 is 0 Å². The van der Waals surface area contributed by atoms with Crippen LogP contribution in [0.4, 0.5) is 4.79 Å². The lowest BCUT2D eigenvalue weighted by Crippen LogP contribution is -2.46. The normalized spacial score (nSPS) is 20.0. The van der Waals surface area contributed by atoms with Crippen LogP contribution in [0, 0.1) is 5.41 Å². The number of hydrogen-bond acceptors (Lipinski definition) is 2. The second kappa shape index (κ2) is 6.74. The number of imide groups is 1. The summed E-state index contributed by atoms with van der Waals surface area (Å²) in [6.45, 7) is 12.1. The first-order valence-electron chi connectivity index (χ1n) is 7.33. The van der Waals surface area contributed by atoms with Gasteiger partial charge in [-0.2, -0.15) is 0 Å². The van der Waals surface area contributed by atoms with Gasteiger partial charge in [0, 0.05) is 19.0 Å². The van der Waals surface area contributed by atoms with Crippen LogP contribution in [0.3, 0.4) is 0 Å². The van der Waals surface area contributed by atoms with Gasteiger partial charge >= 0.3 is 6.03 Å². The van der Waals surface area contributed by atoms with Gasteiger partial charge in [-0.1, -0.05) is 51.7 Å². The number of rotatable bonds is 5. The minimum absolute atomic E-state index is 0.134. The molecule has 1 heterocycles. The Kier molecular flexibility index (Phi) is 5.53. The Labute approximate surface area is 127 Å². The molecular formula is C17H26N2O2. The van der Waals surface area contributed by atoms with Gasteiger partial charge in [-0.05, 0) is 18.9 Å². The van der Waals surface area contributed by atoms with Gasteiger partial charge in [0.2, 0.25) is 5.91 Å². The van der Waals surface area contributed by atoms with Gasteiger partial charge in [0.25, 0.3) is 0 Å². The molecule has 0 aromatic carbocycles.